The van der Waals surface area contributed by atoms with E-state index >= 15 is 0 Å². The number of nitro benzene ring substituents is 2. The number of rotatable bonds is 5. The zero-order chi connectivity index (χ0) is 18.7. The molecule has 0 aliphatic heterocycles. The van der Waals surface area contributed by atoms with Crippen molar-refractivity contribution in [2.75, 3.05) is 0 Å². The van der Waals surface area contributed by atoms with Gasteiger partial charge in [-0.2, -0.15) is 5.10 Å². The van der Waals surface area contributed by atoms with Crippen LogP contribution < -0.4 is 5.43 Å². The van der Waals surface area contributed by atoms with Crippen LogP contribution in [0.15, 0.2) is 58.0 Å². The summed E-state index contributed by atoms with van der Waals surface area (Å²) in [5, 5.41) is 25.7. The van der Waals surface area contributed by atoms with Crippen LogP contribution in [-0.4, -0.2) is 22.0 Å². The smallest absolute Gasteiger partial charge is 0.307 e. The number of nitrogens with zero attached hydrogens (tertiary/aromatic N) is 3. The first-order valence-electron chi connectivity index (χ1n) is 7.20. The third-order valence-corrected chi connectivity index (χ3v) is 3.44. The zero-order valence-electron chi connectivity index (χ0n) is 13.0. The van der Waals surface area contributed by atoms with Gasteiger partial charge in [0.25, 0.3) is 11.4 Å². The first-order valence-corrected chi connectivity index (χ1v) is 7.20. The van der Waals surface area contributed by atoms with Gasteiger partial charge in [-0.05, 0) is 18.2 Å². The van der Waals surface area contributed by atoms with Crippen LogP contribution in [0.3, 0.4) is 0 Å². The van der Waals surface area contributed by atoms with Gasteiger partial charge < -0.3 is 4.42 Å². The minimum atomic E-state index is -0.696. The number of carbonyl (C=O) groups is 1. The number of non-ortho nitro benzene ring substituents is 1. The van der Waals surface area contributed by atoms with Crippen molar-refractivity contribution in [3.63, 3.8) is 0 Å². The lowest BCUT2D eigenvalue weighted by molar-refractivity contribution is -0.385. The predicted octanol–water partition coefficient (Wildman–Crippen LogP) is 3.01. The molecule has 1 heterocycles. The van der Waals surface area contributed by atoms with Crippen molar-refractivity contribution in [3.8, 4) is 0 Å². The maximum Gasteiger partial charge on any atom is 0.307 e. The SMILES string of the molecule is O=C(N/N=C\c1ccccc1[N+](=O)[O-])c1cc2cc([N+](=O)[O-])ccc2o1. The number of para-hydroxylation sites is 1. The molecule has 0 aliphatic carbocycles. The highest BCUT2D eigenvalue weighted by Gasteiger charge is 2.15. The molecule has 0 unspecified atom stereocenters. The number of furan rings is 1. The van der Waals surface area contributed by atoms with Crippen LogP contribution >= 0.6 is 0 Å². The van der Waals surface area contributed by atoms with Crippen LogP contribution in [0, 0.1) is 20.2 Å². The van der Waals surface area contributed by atoms with Gasteiger partial charge in [0, 0.05) is 23.6 Å². The molecule has 0 atom stereocenters. The summed E-state index contributed by atoms with van der Waals surface area (Å²) in [5.74, 6) is -0.793. The highest BCUT2D eigenvalue weighted by molar-refractivity contribution is 5.97. The second-order valence-electron chi connectivity index (χ2n) is 5.10. The molecule has 0 radical (unpaired) electrons. The van der Waals surface area contributed by atoms with E-state index in [9.17, 15) is 25.0 Å². The van der Waals surface area contributed by atoms with Gasteiger partial charge in [-0.15, -0.1) is 0 Å². The Kier molecular flexibility index (Phi) is 4.39. The Bertz CT molecular complexity index is 1060. The number of amides is 1. The summed E-state index contributed by atoms with van der Waals surface area (Å²) in [5.41, 5.74) is 2.44. The zero-order valence-corrected chi connectivity index (χ0v) is 13.0. The molecule has 0 saturated carbocycles. The first-order chi connectivity index (χ1) is 12.5. The van der Waals surface area contributed by atoms with Crippen LogP contribution in [-0.2, 0) is 0 Å². The normalized spacial score (nSPS) is 10.9. The summed E-state index contributed by atoms with van der Waals surface area (Å²) in [6, 6.07) is 11.2. The molecule has 26 heavy (non-hydrogen) atoms. The molecule has 0 aliphatic rings. The van der Waals surface area contributed by atoms with Crippen molar-refractivity contribution < 1.29 is 19.1 Å². The number of hydrazone groups is 1. The summed E-state index contributed by atoms with van der Waals surface area (Å²) < 4.78 is 5.31. The van der Waals surface area contributed by atoms with E-state index in [0.29, 0.717) is 11.0 Å². The van der Waals surface area contributed by atoms with E-state index in [2.05, 4.69) is 10.5 Å². The predicted molar refractivity (Wildman–Crippen MR) is 91.0 cm³/mol. The van der Waals surface area contributed by atoms with Crippen LogP contribution in [0.5, 0.6) is 0 Å². The van der Waals surface area contributed by atoms with E-state index in [0.717, 1.165) is 6.21 Å². The number of fused-ring (bicyclic) bond motifs is 1. The molecule has 1 N–H and O–H groups in total. The molecular formula is C16H10N4O6. The molecule has 2 aromatic carbocycles. The molecule has 0 bridgehead atoms. The van der Waals surface area contributed by atoms with Gasteiger partial charge in [0.2, 0.25) is 0 Å². The maximum atomic E-state index is 12.1. The number of nitrogens with one attached hydrogen (secondary N) is 1. The lowest BCUT2D eigenvalue weighted by Gasteiger charge is -1.97. The van der Waals surface area contributed by atoms with Gasteiger partial charge in [0.1, 0.15) is 5.58 Å². The summed E-state index contributed by atoms with van der Waals surface area (Å²) in [4.78, 5) is 32.6. The molecule has 10 nitrogen and oxygen atoms in total. The average molecular weight is 354 g/mol. The second-order valence-corrected chi connectivity index (χ2v) is 5.10. The standard InChI is InChI=1S/C16H10N4O6/c21-16(18-17-9-10-3-1-2-4-13(10)20(24)25)15-8-11-7-12(19(22)23)5-6-14(11)26-15/h1-9H,(H,18,21)/b17-9-. The number of carbonyl (C=O) groups excluding carboxylic acids is 1. The number of hydrogen-bond acceptors (Lipinski definition) is 7. The maximum absolute atomic E-state index is 12.1. The average Bonchev–Trinajstić information content (AvgIpc) is 3.05. The van der Waals surface area contributed by atoms with E-state index in [-0.39, 0.29) is 22.7 Å². The topological polar surface area (TPSA) is 141 Å². The molecule has 3 aromatic rings. The molecular weight excluding hydrogens is 344 g/mol. The Balaban J connectivity index is 1.77. The molecule has 0 spiro atoms. The summed E-state index contributed by atoms with van der Waals surface area (Å²) in [6.07, 6.45) is 1.14. The third-order valence-electron chi connectivity index (χ3n) is 3.44. The summed E-state index contributed by atoms with van der Waals surface area (Å²) >= 11 is 0. The van der Waals surface area contributed by atoms with Crippen molar-refractivity contribution in [3.05, 3.63) is 80.1 Å². The van der Waals surface area contributed by atoms with Crippen molar-refractivity contribution in [2.45, 2.75) is 0 Å². The monoisotopic (exact) mass is 354 g/mol. The first kappa shape index (κ1) is 16.8. The summed E-state index contributed by atoms with van der Waals surface area (Å²) in [6.45, 7) is 0. The van der Waals surface area contributed by atoms with E-state index in [1.165, 1.54) is 42.5 Å². The Hall–Kier alpha value is -4.08. The Labute approximate surface area is 145 Å². The summed E-state index contributed by atoms with van der Waals surface area (Å²) in [7, 11) is 0. The molecule has 1 amide bonds. The fourth-order valence-corrected chi connectivity index (χ4v) is 2.23. The number of nitro groups is 2. The van der Waals surface area contributed by atoms with E-state index < -0.39 is 15.8 Å². The van der Waals surface area contributed by atoms with Gasteiger partial charge in [0.05, 0.1) is 21.6 Å². The molecule has 3 rings (SSSR count). The quantitative estimate of drug-likeness (QED) is 0.424. The molecule has 10 heteroatoms. The van der Waals surface area contributed by atoms with E-state index in [1.54, 1.807) is 6.07 Å². The highest BCUT2D eigenvalue weighted by atomic mass is 16.6. The Morgan fingerprint density at radius 3 is 2.58 bits per heavy atom. The number of benzene rings is 2. The Morgan fingerprint density at radius 1 is 1.08 bits per heavy atom. The molecule has 1 aromatic heterocycles. The van der Waals surface area contributed by atoms with Gasteiger partial charge in [-0.25, -0.2) is 5.43 Å². The fraction of sp³-hybridized carbons (Fsp3) is 0. The minimum absolute atomic E-state index is 0.0970. The van der Waals surface area contributed by atoms with Gasteiger partial charge >= 0.3 is 5.91 Å². The third kappa shape index (κ3) is 3.38. The lowest BCUT2D eigenvalue weighted by atomic mass is 10.2. The fourth-order valence-electron chi connectivity index (χ4n) is 2.23. The van der Waals surface area contributed by atoms with E-state index in [4.69, 9.17) is 4.42 Å². The van der Waals surface area contributed by atoms with Crippen LogP contribution in [0.2, 0.25) is 0 Å². The van der Waals surface area contributed by atoms with Crippen molar-refractivity contribution >= 4 is 34.5 Å². The lowest BCUT2D eigenvalue weighted by Crippen LogP contribution is -2.16. The minimum Gasteiger partial charge on any atom is -0.451 e. The van der Waals surface area contributed by atoms with Crippen molar-refractivity contribution in [2.24, 2.45) is 5.10 Å². The van der Waals surface area contributed by atoms with Crippen LogP contribution in [0.25, 0.3) is 11.0 Å². The largest absolute Gasteiger partial charge is 0.451 e. The highest BCUT2D eigenvalue weighted by Crippen LogP contribution is 2.24. The van der Waals surface area contributed by atoms with Crippen LogP contribution in [0.4, 0.5) is 11.4 Å². The Morgan fingerprint density at radius 2 is 1.85 bits per heavy atom. The van der Waals surface area contributed by atoms with Crippen LogP contribution in [0.1, 0.15) is 16.1 Å². The molecule has 0 saturated heterocycles. The van der Waals surface area contributed by atoms with Crippen molar-refractivity contribution in [1.29, 1.82) is 0 Å². The number of hydrogen-bond donors (Lipinski definition) is 1. The van der Waals surface area contributed by atoms with E-state index in [1.807, 2.05) is 0 Å². The van der Waals surface area contributed by atoms with Crippen molar-refractivity contribution in [1.82, 2.24) is 5.43 Å². The van der Waals surface area contributed by atoms with Gasteiger partial charge in [-0.3, -0.25) is 25.0 Å². The van der Waals surface area contributed by atoms with Gasteiger partial charge in [0.15, 0.2) is 5.76 Å². The van der Waals surface area contributed by atoms with Gasteiger partial charge in [-0.1, -0.05) is 12.1 Å². The second kappa shape index (κ2) is 6.81. The molecule has 0 fully saturated rings. The molecule has 130 valence electrons.